The summed E-state index contributed by atoms with van der Waals surface area (Å²) in [6.07, 6.45) is 0.983. The van der Waals surface area contributed by atoms with Gasteiger partial charge in [0, 0.05) is 12.5 Å². The Labute approximate surface area is 121 Å². The predicted molar refractivity (Wildman–Crippen MR) is 76.0 cm³/mol. The second-order valence-electron chi connectivity index (χ2n) is 4.12. The number of para-hydroxylation sites is 1. The molecule has 0 aliphatic carbocycles. The van der Waals surface area contributed by atoms with E-state index in [4.69, 9.17) is 18.0 Å². The normalized spacial score (nSPS) is 12.0. The SMILES string of the molecule is CCC(CC(N)=S)NC(=O)c1ccccc1OC(F)F. The molecule has 7 heteroatoms. The average Bonchev–Trinajstić information content (AvgIpc) is 2.37. The summed E-state index contributed by atoms with van der Waals surface area (Å²) < 4.78 is 28.9. The molecule has 0 fully saturated rings. The van der Waals surface area contributed by atoms with Crippen molar-refractivity contribution in [2.24, 2.45) is 5.73 Å². The molecule has 110 valence electrons. The molecule has 4 nitrogen and oxygen atoms in total. The highest BCUT2D eigenvalue weighted by atomic mass is 32.1. The van der Waals surface area contributed by atoms with Crippen LogP contribution in [-0.2, 0) is 0 Å². The third-order valence-electron chi connectivity index (χ3n) is 2.62. The van der Waals surface area contributed by atoms with Crippen LogP contribution in [0.25, 0.3) is 0 Å². The van der Waals surface area contributed by atoms with Crippen molar-refractivity contribution < 1.29 is 18.3 Å². The molecule has 0 bridgehead atoms. The second-order valence-corrected chi connectivity index (χ2v) is 4.65. The minimum Gasteiger partial charge on any atom is -0.434 e. The maximum Gasteiger partial charge on any atom is 0.387 e. The summed E-state index contributed by atoms with van der Waals surface area (Å²) in [5.41, 5.74) is 5.49. The number of carbonyl (C=O) groups is 1. The predicted octanol–water partition coefficient (Wildman–Crippen LogP) is 2.47. The first-order chi connectivity index (χ1) is 9.43. The zero-order chi connectivity index (χ0) is 15.1. The molecule has 1 aromatic rings. The molecule has 1 rings (SSSR count). The highest BCUT2D eigenvalue weighted by Crippen LogP contribution is 2.20. The molecule has 0 radical (unpaired) electrons. The van der Waals surface area contributed by atoms with Gasteiger partial charge in [-0.2, -0.15) is 8.78 Å². The van der Waals surface area contributed by atoms with Crippen molar-refractivity contribution in [1.82, 2.24) is 5.32 Å². The maximum atomic E-state index is 12.3. The first kappa shape index (κ1) is 16.3. The van der Waals surface area contributed by atoms with Crippen LogP contribution in [0.1, 0.15) is 30.1 Å². The second kappa shape index (κ2) is 7.74. The quantitative estimate of drug-likeness (QED) is 0.760. The van der Waals surface area contributed by atoms with E-state index in [0.717, 1.165) is 0 Å². The number of nitrogens with one attached hydrogen (secondary N) is 1. The first-order valence-electron chi connectivity index (χ1n) is 6.07. The van der Waals surface area contributed by atoms with Gasteiger partial charge in [-0.15, -0.1) is 0 Å². The molecule has 0 heterocycles. The number of amides is 1. The Morgan fingerprint density at radius 2 is 2.10 bits per heavy atom. The van der Waals surface area contributed by atoms with Gasteiger partial charge in [0.2, 0.25) is 0 Å². The lowest BCUT2D eigenvalue weighted by Gasteiger charge is -2.17. The fourth-order valence-corrected chi connectivity index (χ4v) is 1.86. The zero-order valence-electron chi connectivity index (χ0n) is 10.9. The summed E-state index contributed by atoms with van der Waals surface area (Å²) >= 11 is 4.79. The summed E-state index contributed by atoms with van der Waals surface area (Å²) in [6, 6.07) is 5.58. The van der Waals surface area contributed by atoms with Crippen LogP contribution in [0.4, 0.5) is 8.78 Å². The largest absolute Gasteiger partial charge is 0.434 e. The molecule has 0 saturated carbocycles. The van der Waals surface area contributed by atoms with Gasteiger partial charge in [-0.1, -0.05) is 31.3 Å². The standard InChI is InChI=1S/C13H16F2N2O2S/c1-2-8(7-11(16)20)17-12(18)9-5-3-4-6-10(9)19-13(14)15/h3-6,8,13H,2,7H2,1H3,(H2,16,20)(H,17,18). The smallest absolute Gasteiger partial charge is 0.387 e. The van der Waals surface area contributed by atoms with Gasteiger partial charge < -0.3 is 15.8 Å². The van der Waals surface area contributed by atoms with Crippen LogP contribution in [0, 0.1) is 0 Å². The van der Waals surface area contributed by atoms with Crippen molar-refractivity contribution in [1.29, 1.82) is 0 Å². The number of hydrogen-bond acceptors (Lipinski definition) is 3. The molecule has 1 aromatic carbocycles. The van der Waals surface area contributed by atoms with E-state index in [1.165, 1.54) is 18.2 Å². The number of thiocarbonyl (C=S) groups is 1. The van der Waals surface area contributed by atoms with E-state index in [1.54, 1.807) is 6.07 Å². The van der Waals surface area contributed by atoms with Gasteiger partial charge in [0.1, 0.15) is 5.75 Å². The molecule has 0 spiro atoms. The van der Waals surface area contributed by atoms with Gasteiger partial charge in [0.05, 0.1) is 10.6 Å². The fraction of sp³-hybridized carbons (Fsp3) is 0.385. The molecule has 1 atom stereocenters. The van der Waals surface area contributed by atoms with E-state index in [0.29, 0.717) is 12.8 Å². The third kappa shape index (κ3) is 5.08. The number of rotatable bonds is 7. The average molecular weight is 302 g/mol. The molecule has 0 aliphatic heterocycles. The zero-order valence-corrected chi connectivity index (χ0v) is 11.8. The lowest BCUT2D eigenvalue weighted by atomic mass is 10.1. The Kier molecular flexibility index (Phi) is 6.30. The van der Waals surface area contributed by atoms with Crippen molar-refractivity contribution in [2.45, 2.75) is 32.4 Å². The van der Waals surface area contributed by atoms with Gasteiger partial charge in [-0.05, 0) is 18.6 Å². The fourth-order valence-electron chi connectivity index (χ4n) is 1.66. The van der Waals surface area contributed by atoms with E-state index in [-0.39, 0.29) is 22.3 Å². The van der Waals surface area contributed by atoms with E-state index >= 15 is 0 Å². The summed E-state index contributed by atoms with van der Waals surface area (Å²) in [6.45, 7) is -1.12. The van der Waals surface area contributed by atoms with Crippen LogP contribution >= 0.6 is 12.2 Å². The Morgan fingerprint density at radius 1 is 1.45 bits per heavy atom. The summed E-state index contributed by atoms with van der Waals surface area (Å²) in [5.74, 6) is -0.658. The number of ether oxygens (including phenoxy) is 1. The summed E-state index contributed by atoms with van der Waals surface area (Å²) in [7, 11) is 0. The Hall–Kier alpha value is -1.76. The molecule has 1 unspecified atom stereocenters. The van der Waals surface area contributed by atoms with Crippen LogP contribution < -0.4 is 15.8 Å². The third-order valence-corrected chi connectivity index (χ3v) is 2.79. The summed E-state index contributed by atoms with van der Waals surface area (Å²) in [4.78, 5) is 12.4. The van der Waals surface area contributed by atoms with Gasteiger partial charge in [-0.3, -0.25) is 4.79 Å². The molecule has 0 saturated heterocycles. The van der Waals surface area contributed by atoms with Crippen LogP contribution in [0.3, 0.4) is 0 Å². The summed E-state index contributed by atoms with van der Waals surface area (Å²) in [5, 5.41) is 2.70. The molecular weight excluding hydrogens is 286 g/mol. The van der Waals surface area contributed by atoms with Crippen molar-refractivity contribution in [3.05, 3.63) is 29.8 Å². The number of hydrogen-bond donors (Lipinski definition) is 2. The van der Waals surface area contributed by atoms with E-state index in [1.807, 2.05) is 6.92 Å². The number of nitrogens with two attached hydrogens (primary N) is 1. The van der Waals surface area contributed by atoms with Gasteiger partial charge in [0.15, 0.2) is 0 Å². The number of carbonyl (C=O) groups excluding carboxylic acids is 1. The van der Waals surface area contributed by atoms with E-state index < -0.39 is 12.5 Å². The van der Waals surface area contributed by atoms with E-state index in [9.17, 15) is 13.6 Å². The van der Waals surface area contributed by atoms with Crippen LogP contribution in [0.15, 0.2) is 24.3 Å². The molecule has 0 aromatic heterocycles. The molecular formula is C13H16F2N2O2S. The van der Waals surface area contributed by atoms with Crippen LogP contribution in [0.2, 0.25) is 0 Å². The number of halogens is 2. The topological polar surface area (TPSA) is 64.3 Å². The number of alkyl halides is 2. The van der Waals surface area contributed by atoms with Gasteiger partial charge in [-0.25, -0.2) is 0 Å². The molecule has 1 amide bonds. The Bertz CT molecular complexity index is 483. The molecule has 3 N–H and O–H groups in total. The van der Waals surface area contributed by atoms with Crippen LogP contribution in [0.5, 0.6) is 5.75 Å². The highest BCUT2D eigenvalue weighted by Gasteiger charge is 2.18. The van der Waals surface area contributed by atoms with Crippen LogP contribution in [-0.4, -0.2) is 23.5 Å². The lowest BCUT2D eigenvalue weighted by molar-refractivity contribution is -0.0501. The van der Waals surface area contributed by atoms with Crippen molar-refractivity contribution in [2.75, 3.05) is 0 Å². The van der Waals surface area contributed by atoms with Gasteiger partial charge in [0.25, 0.3) is 5.91 Å². The lowest BCUT2D eigenvalue weighted by Crippen LogP contribution is -2.37. The monoisotopic (exact) mass is 302 g/mol. The first-order valence-corrected chi connectivity index (χ1v) is 6.47. The Morgan fingerprint density at radius 3 is 2.65 bits per heavy atom. The maximum absolute atomic E-state index is 12.3. The minimum absolute atomic E-state index is 0.0502. The van der Waals surface area contributed by atoms with Crippen molar-refractivity contribution in [3.8, 4) is 5.75 Å². The number of benzene rings is 1. The minimum atomic E-state index is -2.98. The van der Waals surface area contributed by atoms with E-state index in [2.05, 4.69) is 10.1 Å². The van der Waals surface area contributed by atoms with Crippen molar-refractivity contribution in [3.63, 3.8) is 0 Å². The highest BCUT2D eigenvalue weighted by molar-refractivity contribution is 7.80. The Balaban J connectivity index is 2.83. The molecule has 0 aliphatic rings. The van der Waals surface area contributed by atoms with Gasteiger partial charge >= 0.3 is 6.61 Å². The van der Waals surface area contributed by atoms with Crippen molar-refractivity contribution >= 4 is 23.1 Å². The molecule has 20 heavy (non-hydrogen) atoms.